The second-order valence-corrected chi connectivity index (χ2v) is 7.39. The summed E-state index contributed by atoms with van der Waals surface area (Å²) >= 11 is 0. The molecule has 3 rings (SSSR count). The van der Waals surface area contributed by atoms with Crippen LogP contribution in [0.2, 0.25) is 0 Å². The van der Waals surface area contributed by atoms with Crippen molar-refractivity contribution in [3.63, 3.8) is 0 Å². The Labute approximate surface area is 179 Å². The summed E-state index contributed by atoms with van der Waals surface area (Å²) < 4.78 is 5.70. The van der Waals surface area contributed by atoms with E-state index in [2.05, 4.69) is 9.89 Å². The molecule has 150 valence electrons. The zero-order chi connectivity index (χ0) is 18.5. The Balaban J connectivity index is 0.00000261. The lowest BCUT2D eigenvalue weighted by Gasteiger charge is -2.35. The minimum absolute atomic E-state index is 0. The zero-order valence-electron chi connectivity index (χ0n) is 16.3. The number of ether oxygens (including phenoxy) is 1. The standard InChI is InChI=1S/C20H30N4O2.HI/c1-15-13-24(14-16(2)26-15)19(25)18-8-6-17(7-9-18)12-22-20(21)23-10-4-3-5-11-23;/h6-9,15-16H,3-5,10-14H2,1-2H3,(H2,21,22);1H. The maximum Gasteiger partial charge on any atom is 0.254 e. The molecule has 2 saturated heterocycles. The fraction of sp³-hybridized carbons (Fsp3) is 0.600. The van der Waals surface area contributed by atoms with Gasteiger partial charge in [-0.05, 0) is 50.8 Å². The number of hydrogen-bond donors (Lipinski definition) is 1. The van der Waals surface area contributed by atoms with E-state index in [1.165, 1.54) is 19.3 Å². The zero-order valence-corrected chi connectivity index (χ0v) is 18.6. The van der Waals surface area contributed by atoms with Crippen molar-refractivity contribution >= 4 is 35.8 Å². The smallest absolute Gasteiger partial charge is 0.254 e. The summed E-state index contributed by atoms with van der Waals surface area (Å²) in [7, 11) is 0. The van der Waals surface area contributed by atoms with Gasteiger partial charge in [-0.25, -0.2) is 4.99 Å². The first-order chi connectivity index (χ1) is 12.5. The van der Waals surface area contributed by atoms with Crippen LogP contribution in [0.25, 0.3) is 0 Å². The molecule has 2 unspecified atom stereocenters. The summed E-state index contributed by atoms with van der Waals surface area (Å²) in [6, 6.07) is 7.70. The van der Waals surface area contributed by atoms with Gasteiger partial charge >= 0.3 is 0 Å². The number of halogens is 1. The molecule has 0 bridgehead atoms. The number of likely N-dealkylation sites (tertiary alicyclic amines) is 1. The number of nitrogens with two attached hydrogens (primary N) is 1. The molecule has 2 N–H and O–H groups in total. The topological polar surface area (TPSA) is 71.2 Å². The van der Waals surface area contributed by atoms with Crippen molar-refractivity contribution in [1.82, 2.24) is 9.80 Å². The van der Waals surface area contributed by atoms with Gasteiger partial charge in [0.05, 0.1) is 18.8 Å². The van der Waals surface area contributed by atoms with E-state index in [1.807, 2.05) is 43.0 Å². The van der Waals surface area contributed by atoms with E-state index in [9.17, 15) is 4.79 Å². The Morgan fingerprint density at radius 2 is 1.67 bits per heavy atom. The fourth-order valence-electron chi connectivity index (χ4n) is 3.67. The second-order valence-electron chi connectivity index (χ2n) is 7.39. The molecule has 6 nitrogen and oxygen atoms in total. The summed E-state index contributed by atoms with van der Waals surface area (Å²) in [5.41, 5.74) is 7.87. The molecule has 27 heavy (non-hydrogen) atoms. The quantitative estimate of drug-likeness (QED) is 0.405. The summed E-state index contributed by atoms with van der Waals surface area (Å²) in [6.07, 6.45) is 3.81. The highest BCUT2D eigenvalue weighted by molar-refractivity contribution is 14.0. The molecule has 1 aromatic rings. The van der Waals surface area contributed by atoms with E-state index >= 15 is 0 Å². The number of hydrogen-bond acceptors (Lipinski definition) is 3. The van der Waals surface area contributed by atoms with Crippen molar-refractivity contribution in [2.75, 3.05) is 26.2 Å². The van der Waals surface area contributed by atoms with Gasteiger partial charge in [0.15, 0.2) is 5.96 Å². The number of guanidine groups is 1. The average molecular weight is 486 g/mol. The van der Waals surface area contributed by atoms with Crippen molar-refractivity contribution < 1.29 is 9.53 Å². The number of morpholine rings is 1. The van der Waals surface area contributed by atoms with E-state index in [0.717, 1.165) is 18.7 Å². The Morgan fingerprint density at radius 1 is 1.07 bits per heavy atom. The maximum atomic E-state index is 12.7. The van der Waals surface area contributed by atoms with Gasteiger partial charge in [0.1, 0.15) is 0 Å². The predicted molar refractivity (Wildman–Crippen MR) is 119 cm³/mol. The molecule has 0 aliphatic carbocycles. The van der Waals surface area contributed by atoms with Gasteiger partial charge in [-0.15, -0.1) is 24.0 Å². The minimum atomic E-state index is 0. The summed E-state index contributed by atoms with van der Waals surface area (Å²) in [5, 5.41) is 0. The van der Waals surface area contributed by atoms with Gasteiger partial charge in [-0.1, -0.05) is 12.1 Å². The Hall–Kier alpha value is -1.35. The van der Waals surface area contributed by atoms with Crippen LogP contribution < -0.4 is 5.73 Å². The lowest BCUT2D eigenvalue weighted by Crippen LogP contribution is -2.48. The van der Waals surface area contributed by atoms with Crippen molar-refractivity contribution in [3.8, 4) is 0 Å². The number of carbonyl (C=O) groups is 1. The third kappa shape index (κ3) is 6.07. The summed E-state index contributed by atoms with van der Waals surface area (Å²) in [6.45, 7) is 7.83. The van der Waals surface area contributed by atoms with E-state index in [0.29, 0.717) is 31.2 Å². The Morgan fingerprint density at radius 3 is 2.26 bits per heavy atom. The fourth-order valence-corrected chi connectivity index (χ4v) is 3.67. The molecule has 2 atom stereocenters. The van der Waals surface area contributed by atoms with E-state index in [-0.39, 0.29) is 42.1 Å². The van der Waals surface area contributed by atoms with Crippen molar-refractivity contribution in [2.45, 2.75) is 51.9 Å². The van der Waals surface area contributed by atoms with Gasteiger partial charge in [0.2, 0.25) is 0 Å². The highest BCUT2D eigenvalue weighted by Crippen LogP contribution is 2.15. The van der Waals surface area contributed by atoms with Crippen molar-refractivity contribution in [1.29, 1.82) is 0 Å². The average Bonchev–Trinajstić information content (AvgIpc) is 2.66. The molecule has 1 amide bonds. The van der Waals surface area contributed by atoms with Crippen LogP contribution in [0.4, 0.5) is 0 Å². The second kappa shape index (κ2) is 10.3. The number of aliphatic imine (C=N–C) groups is 1. The molecule has 0 radical (unpaired) electrons. The molecular formula is C20H31IN4O2. The SMILES string of the molecule is CC1CN(C(=O)c2ccc(CN=C(N)N3CCCCC3)cc2)CC(C)O1.I. The van der Waals surface area contributed by atoms with E-state index in [1.54, 1.807) is 0 Å². The van der Waals surface area contributed by atoms with Gasteiger partial charge < -0.3 is 20.3 Å². The van der Waals surface area contributed by atoms with Crippen molar-refractivity contribution in [2.24, 2.45) is 10.7 Å². The lowest BCUT2D eigenvalue weighted by atomic mass is 10.1. The maximum absolute atomic E-state index is 12.7. The largest absolute Gasteiger partial charge is 0.372 e. The molecule has 2 aliphatic rings. The predicted octanol–water partition coefficient (Wildman–Crippen LogP) is 2.85. The van der Waals surface area contributed by atoms with Crippen LogP contribution in [0.15, 0.2) is 29.3 Å². The van der Waals surface area contributed by atoms with Crippen LogP contribution in [0.1, 0.15) is 49.0 Å². The monoisotopic (exact) mass is 486 g/mol. The van der Waals surface area contributed by atoms with Crippen LogP contribution >= 0.6 is 24.0 Å². The number of carbonyl (C=O) groups excluding carboxylic acids is 1. The minimum Gasteiger partial charge on any atom is -0.372 e. The Kier molecular flexibility index (Phi) is 8.34. The number of amides is 1. The number of piperidine rings is 1. The van der Waals surface area contributed by atoms with Crippen LogP contribution in [0.3, 0.4) is 0 Å². The first kappa shape index (κ1) is 21.9. The molecule has 1 aromatic carbocycles. The number of rotatable bonds is 3. The van der Waals surface area contributed by atoms with E-state index < -0.39 is 0 Å². The summed E-state index contributed by atoms with van der Waals surface area (Å²) in [5.74, 6) is 0.691. The van der Waals surface area contributed by atoms with Gasteiger partial charge in [0, 0.05) is 31.7 Å². The molecular weight excluding hydrogens is 455 g/mol. The molecule has 2 heterocycles. The third-order valence-corrected chi connectivity index (χ3v) is 5.01. The van der Waals surface area contributed by atoms with Gasteiger partial charge in [-0.2, -0.15) is 0 Å². The molecule has 7 heteroatoms. The molecule has 0 spiro atoms. The van der Waals surface area contributed by atoms with Crippen LogP contribution in [0.5, 0.6) is 0 Å². The first-order valence-electron chi connectivity index (χ1n) is 9.61. The molecule has 2 aliphatic heterocycles. The highest BCUT2D eigenvalue weighted by atomic mass is 127. The van der Waals surface area contributed by atoms with Crippen LogP contribution in [0, 0.1) is 0 Å². The highest BCUT2D eigenvalue weighted by Gasteiger charge is 2.26. The van der Waals surface area contributed by atoms with Crippen LogP contribution in [-0.2, 0) is 11.3 Å². The van der Waals surface area contributed by atoms with Gasteiger partial charge in [0.25, 0.3) is 5.91 Å². The van der Waals surface area contributed by atoms with Crippen molar-refractivity contribution in [3.05, 3.63) is 35.4 Å². The molecule has 0 aromatic heterocycles. The number of nitrogens with zero attached hydrogens (tertiary/aromatic N) is 3. The van der Waals surface area contributed by atoms with Crippen LogP contribution in [-0.4, -0.2) is 60.1 Å². The normalized spacial score (nSPS) is 23.7. The number of benzene rings is 1. The first-order valence-corrected chi connectivity index (χ1v) is 9.61. The van der Waals surface area contributed by atoms with E-state index in [4.69, 9.17) is 10.5 Å². The Bertz CT molecular complexity index is 634. The molecule has 2 fully saturated rings. The third-order valence-electron chi connectivity index (χ3n) is 5.01. The lowest BCUT2D eigenvalue weighted by molar-refractivity contribution is -0.0586. The van der Waals surface area contributed by atoms with Gasteiger partial charge in [-0.3, -0.25) is 4.79 Å². The molecule has 0 saturated carbocycles. The summed E-state index contributed by atoms with van der Waals surface area (Å²) in [4.78, 5) is 21.2.